The molecule has 94 valence electrons. The lowest BCUT2D eigenvalue weighted by atomic mass is 9.83. The van der Waals surface area contributed by atoms with Crippen LogP contribution in [-0.4, -0.2) is 36.0 Å². The third-order valence-corrected chi connectivity index (χ3v) is 3.60. The quantitative estimate of drug-likeness (QED) is 0.726. The fourth-order valence-electron chi connectivity index (χ4n) is 2.76. The average molecular weight is 227 g/mol. The van der Waals surface area contributed by atoms with Crippen molar-refractivity contribution >= 4 is 5.91 Å². The summed E-state index contributed by atoms with van der Waals surface area (Å²) >= 11 is 0. The summed E-state index contributed by atoms with van der Waals surface area (Å²) in [4.78, 5) is 13.3. The van der Waals surface area contributed by atoms with Gasteiger partial charge in [0.25, 0.3) is 0 Å². The Morgan fingerprint density at radius 3 is 2.50 bits per heavy atom. The summed E-state index contributed by atoms with van der Waals surface area (Å²) in [5.41, 5.74) is 11.1. The van der Waals surface area contributed by atoms with E-state index in [-0.39, 0.29) is 5.91 Å². The second-order valence-electron chi connectivity index (χ2n) is 5.08. The van der Waals surface area contributed by atoms with Crippen molar-refractivity contribution in [3.63, 3.8) is 0 Å². The van der Waals surface area contributed by atoms with Crippen LogP contribution in [0.5, 0.6) is 0 Å². The standard InChI is InChI=1S/C12H25N3O/c1-9(2)15(8-12(14)16)11-6-4-3-5-10(11)7-13/h9-11H,3-8,13H2,1-2H3,(H2,14,16). The number of carbonyl (C=O) groups is 1. The van der Waals surface area contributed by atoms with Crippen molar-refractivity contribution in [2.45, 2.75) is 51.6 Å². The minimum atomic E-state index is -0.241. The van der Waals surface area contributed by atoms with Crippen LogP contribution in [-0.2, 0) is 4.79 Å². The third-order valence-electron chi connectivity index (χ3n) is 3.60. The van der Waals surface area contributed by atoms with Gasteiger partial charge in [0.15, 0.2) is 0 Å². The smallest absolute Gasteiger partial charge is 0.231 e. The second-order valence-corrected chi connectivity index (χ2v) is 5.08. The second kappa shape index (κ2) is 6.21. The first kappa shape index (κ1) is 13.5. The molecule has 0 aromatic heterocycles. The molecule has 4 nitrogen and oxygen atoms in total. The summed E-state index contributed by atoms with van der Waals surface area (Å²) in [6.45, 7) is 5.31. The van der Waals surface area contributed by atoms with Crippen molar-refractivity contribution in [1.29, 1.82) is 0 Å². The highest BCUT2D eigenvalue weighted by Crippen LogP contribution is 2.28. The molecule has 0 aromatic rings. The third kappa shape index (κ3) is 3.46. The van der Waals surface area contributed by atoms with Gasteiger partial charge in [0, 0.05) is 12.1 Å². The van der Waals surface area contributed by atoms with Gasteiger partial charge >= 0.3 is 0 Å². The molecule has 4 heteroatoms. The molecule has 2 atom stereocenters. The molecule has 4 N–H and O–H groups in total. The molecule has 0 radical (unpaired) electrons. The van der Waals surface area contributed by atoms with Crippen LogP contribution in [0.3, 0.4) is 0 Å². The molecule has 16 heavy (non-hydrogen) atoms. The highest BCUT2D eigenvalue weighted by molar-refractivity contribution is 5.76. The molecule has 0 heterocycles. The number of nitrogens with two attached hydrogens (primary N) is 2. The van der Waals surface area contributed by atoms with E-state index in [1.807, 2.05) is 0 Å². The maximum atomic E-state index is 11.1. The number of nitrogens with zero attached hydrogens (tertiary/aromatic N) is 1. The lowest BCUT2D eigenvalue weighted by molar-refractivity contribution is -0.120. The van der Waals surface area contributed by atoms with Crippen LogP contribution in [0.15, 0.2) is 0 Å². The van der Waals surface area contributed by atoms with Gasteiger partial charge in [-0.3, -0.25) is 9.69 Å². The first-order valence-corrected chi connectivity index (χ1v) is 6.30. The zero-order chi connectivity index (χ0) is 12.1. The molecule has 1 amide bonds. The zero-order valence-electron chi connectivity index (χ0n) is 10.5. The SMILES string of the molecule is CC(C)N(CC(N)=O)C1CCCCC1CN. The number of hydrogen-bond acceptors (Lipinski definition) is 3. The molecule has 0 spiro atoms. The Bertz CT molecular complexity index is 230. The van der Waals surface area contributed by atoms with Crippen molar-refractivity contribution in [1.82, 2.24) is 4.90 Å². The molecule has 1 rings (SSSR count). The predicted molar refractivity (Wildman–Crippen MR) is 65.8 cm³/mol. The van der Waals surface area contributed by atoms with E-state index in [9.17, 15) is 4.79 Å². The topological polar surface area (TPSA) is 72.3 Å². The van der Waals surface area contributed by atoms with Crippen LogP contribution in [0, 0.1) is 5.92 Å². The van der Waals surface area contributed by atoms with Gasteiger partial charge in [0.05, 0.1) is 6.54 Å². The van der Waals surface area contributed by atoms with Crippen molar-refractivity contribution in [2.75, 3.05) is 13.1 Å². The highest BCUT2D eigenvalue weighted by Gasteiger charge is 2.31. The van der Waals surface area contributed by atoms with Gasteiger partial charge in [0.2, 0.25) is 5.91 Å². The number of primary amides is 1. The molecule has 0 bridgehead atoms. The van der Waals surface area contributed by atoms with Gasteiger partial charge in [-0.25, -0.2) is 0 Å². The van der Waals surface area contributed by atoms with Crippen LogP contribution in [0.25, 0.3) is 0 Å². The van der Waals surface area contributed by atoms with Crippen LogP contribution >= 0.6 is 0 Å². The minimum Gasteiger partial charge on any atom is -0.369 e. The summed E-state index contributed by atoms with van der Waals surface area (Å²) < 4.78 is 0. The maximum Gasteiger partial charge on any atom is 0.231 e. The summed E-state index contributed by atoms with van der Waals surface area (Å²) in [6, 6.07) is 0.788. The highest BCUT2D eigenvalue weighted by atomic mass is 16.1. The lowest BCUT2D eigenvalue weighted by Crippen LogP contribution is -2.51. The van der Waals surface area contributed by atoms with E-state index in [0.29, 0.717) is 31.1 Å². The molecule has 1 fully saturated rings. The van der Waals surface area contributed by atoms with Gasteiger partial charge in [-0.2, -0.15) is 0 Å². The van der Waals surface area contributed by atoms with E-state index >= 15 is 0 Å². The van der Waals surface area contributed by atoms with E-state index < -0.39 is 0 Å². The van der Waals surface area contributed by atoms with E-state index in [1.54, 1.807) is 0 Å². The molecule has 1 aliphatic rings. The normalized spacial score (nSPS) is 26.3. The Morgan fingerprint density at radius 2 is 2.00 bits per heavy atom. The lowest BCUT2D eigenvalue weighted by Gasteiger charge is -2.41. The molecule has 2 unspecified atom stereocenters. The minimum absolute atomic E-state index is 0.241. The van der Waals surface area contributed by atoms with Crippen molar-refractivity contribution in [2.24, 2.45) is 17.4 Å². The maximum absolute atomic E-state index is 11.1. The van der Waals surface area contributed by atoms with Crippen LogP contribution in [0.1, 0.15) is 39.5 Å². The van der Waals surface area contributed by atoms with Crippen molar-refractivity contribution < 1.29 is 4.79 Å². The van der Waals surface area contributed by atoms with Gasteiger partial charge in [-0.1, -0.05) is 12.8 Å². The summed E-state index contributed by atoms with van der Waals surface area (Å²) in [5, 5.41) is 0. The number of carbonyl (C=O) groups excluding carboxylic acids is 1. The largest absolute Gasteiger partial charge is 0.369 e. The van der Waals surface area contributed by atoms with Crippen molar-refractivity contribution in [3.05, 3.63) is 0 Å². The molecule has 0 aliphatic heterocycles. The molecule has 0 aromatic carbocycles. The van der Waals surface area contributed by atoms with Crippen LogP contribution in [0.2, 0.25) is 0 Å². The molecular weight excluding hydrogens is 202 g/mol. The molecular formula is C12H25N3O. The summed E-state index contributed by atoms with van der Waals surface area (Å²) in [7, 11) is 0. The van der Waals surface area contributed by atoms with E-state index in [2.05, 4.69) is 18.7 Å². The van der Waals surface area contributed by atoms with Gasteiger partial charge in [-0.05, 0) is 39.2 Å². The molecule has 1 aliphatic carbocycles. The van der Waals surface area contributed by atoms with Gasteiger partial charge in [-0.15, -0.1) is 0 Å². The summed E-state index contributed by atoms with van der Waals surface area (Å²) in [5.74, 6) is 0.283. The Kier molecular flexibility index (Phi) is 5.22. The first-order valence-electron chi connectivity index (χ1n) is 6.30. The van der Waals surface area contributed by atoms with Crippen LogP contribution < -0.4 is 11.5 Å². The predicted octanol–water partition coefficient (Wildman–Crippen LogP) is 0.700. The molecule has 1 saturated carbocycles. The average Bonchev–Trinajstić information content (AvgIpc) is 2.25. The number of amides is 1. The Balaban J connectivity index is 2.70. The molecule has 0 saturated heterocycles. The number of rotatable bonds is 5. The fourth-order valence-corrected chi connectivity index (χ4v) is 2.76. The van der Waals surface area contributed by atoms with Gasteiger partial charge in [0.1, 0.15) is 0 Å². The zero-order valence-corrected chi connectivity index (χ0v) is 10.5. The number of hydrogen-bond donors (Lipinski definition) is 2. The van der Waals surface area contributed by atoms with E-state index in [0.717, 1.165) is 6.42 Å². The monoisotopic (exact) mass is 227 g/mol. The van der Waals surface area contributed by atoms with Crippen molar-refractivity contribution in [3.8, 4) is 0 Å². The Hall–Kier alpha value is -0.610. The Labute approximate surface area is 98.3 Å². The first-order chi connectivity index (χ1) is 7.56. The van der Waals surface area contributed by atoms with E-state index in [4.69, 9.17) is 11.5 Å². The summed E-state index contributed by atoms with van der Waals surface area (Å²) in [6.07, 6.45) is 4.83. The van der Waals surface area contributed by atoms with Crippen LogP contribution in [0.4, 0.5) is 0 Å². The van der Waals surface area contributed by atoms with E-state index in [1.165, 1.54) is 19.3 Å². The fraction of sp³-hybridized carbons (Fsp3) is 0.917. The Morgan fingerprint density at radius 1 is 1.38 bits per heavy atom. The van der Waals surface area contributed by atoms with Gasteiger partial charge < -0.3 is 11.5 Å².